The number of rotatable bonds is 8. The lowest BCUT2D eigenvalue weighted by atomic mass is 9.91. The topological polar surface area (TPSA) is 107 Å². The van der Waals surface area contributed by atoms with Crippen LogP contribution in [0.1, 0.15) is 30.4 Å². The molecule has 5 N–H and O–H groups in total. The highest BCUT2D eigenvalue weighted by atomic mass is 19.1. The molecule has 1 amide bonds. The van der Waals surface area contributed by atoms with E-state index in [1.807, 2.05) is 30.5 Å². The van der Waals surface area contributed by atoms with Crippen LogP contribution >= 0.6 is 0 Å². The highest BCUT2D eigenvalue weighted by Gasteiger charge is 2.51. The van der Waals surface area contributed by atoms with Gasteiger partial charge in [-0.1, -0.05) is 30.3 Å². The van der Waals surface area contributed by atoms with Gasteiger partial charge in [0.1, 0.15) is 17.7 Å². The smallest absolute Gasteiger partial charge is 0.237 e. The molecule has 2 aliphatic heterocycles. The number of halogens is 1. The van der Waals surface area contributed by atoms with Crippen LogP contribution < -0.4 is 10.6 Å². The molecule has 0 saturated carbocycles. The predicted octanol–water partition coefficient (Wildman–Crippen LogP) is 2.41. The fourth-order valence-electron chi connectivity index (χ4n) is 6.00. The molecule has 2 aliphatic rings. The van der Waals surface area contributed by atoms with Crippen LogP contribution in [0, 0.1) is 11.2 Å². The second-order valence-electron chi connectivity index (χ2n) is 10.1. The number of aliphatic hydroxyl groups excluding tert-OH is 1. The van der Waals surface area contributed by atoms with E-state index in [2.05, 4.69) is 37.6 Å². The van der Waals surface area contributed by atoms with Gasteiger partial charge in [-0.3, -0.25) is 15.1 Å². The number of nitrogens with one attached hydrogen (secondary N) is 4. The SMILES string of the molecule is CN[C@@H](C)C(=O)NC(CO)C(=N)N1CC[C@@H]2[C@H]1[C@@H](c1c[nH]c3cc(F)ccc13)CN2Cc1ccccc1. The lowest BCUT2D eigenvalue weighted by Crippen LogP contribution is -2.55. The number of hydrogen-bond donors (Lipinski definition) is 5. The molecule has 5 rings (SSSR count). The van der Waals surface area contributed by atoms with E-state index in [0.717, 1.165) is 36.0 Å². The first-order valence-electron chi connectivity index (χ1n) is 12.9. The molecular weight excluding hydrogens is 471 g/mol. The first-order chi connectivity index (χ1) is 17.9. The zero-order valence-corrected chi connectivity index (χ0v) is 21.2. The number of carbonyl (C=O) groups excluding carboxylic acids is 1. The quantitative estimate of drug-likeness (QED) is 0.238. The maximum atomic E-state index is 13.9. The van der Waals surface area contributed by atoms with Crippen molar-refractivity contribution in [1.82, 2.24) is 25.4 Å². The van der Waals surface area contributed by atoms with Crippen LogP contribution in [0.2, 0.25) is 0 Å². The maximum absolute atomic E-state index is 13.9. The molecule has 0 radical (unpaired) electrons. The van der Waals surface area contributed by atoms with E-state index in [0.29, 0.717) is 6.54 Å². The minimum absolute atomic E-state index is 0.00654. The van der Waals surface area contributed by atoms with Crippen LogP contribution in [0.15, 0.2) is 54.7 Å². The first-order valence-corrected chi connectivity index (χ1v) is 12.9. The number of amides is 1. The number of hydrogen-bond acceptors (Lipinski definition) is 5. The molecule has 37 heavy (non-hydrogen) atoms. The van der Waals surface area contributed by atoms with Crippen molar-refractivity contribution < 1.29 is 14.3 Å². The Hall–Kier alpha value is -3.27. The van der Waals surface area contributed by atoms with Crippen LogP contribution in [-0.2, 0) is 11.3 Å². The second kappa shape index (κ2) is 10.6. The minimum Gasteiger partial charge on any atom is -0.394 e. The molecule has 3 heterocycles. The Kier molecular flexibility index (Phi) is 7.28. The van der Waals surface area contributed by atoms with Crippen LogP contribution in [0.5, 0.6) is 0 Å². The number of aromatic nitrogens is 1. The van der Waals surface area contributed by atoms with E-state index in [-0.39, 0.29) is 42.2 Å². The molecule has 0 bridgehead atoms. The average Bonchev–Trinajstić information content (AvgIpc) is 3.61. The van der Waals surface area contributed by atoms with Gasteiger partial charge in [0.15, 0.2) is 0 Å². The Balaban J connectivity index is 1.46. The zero-order valence-electron chi connectivity index (χ0n) is 21.2. The first kappa shape index (κ1) is 25.4. The molecule has 9 heteroatoms. The van der Waals surface area contributed by atoms with Gasteiger partial charge in [-0.05, 0) is 49.7 Å². The van der Waals surface area contributed by atoms with Crippen LogP contribution in [-0.4, -0.2) is 82.5 Å². The Labute approximate surface area is 216 Å². The van der Waals surface area contributed by atoms with Gasteiger partial charge in [0.25, 0.3) is 0 Å². The molecule has 1 unspecified atom stereocenters. The number of aliphatic hydroxyl groups is 1. The average molecular weight is 507 g/mol. The Morgan fingerprint density at radius 1 is 1.27 bits per heavy atom. The van der Waals surface area contributed by atoms with Crippen molar-refractivity contribution in [2.24, 2.45) is 0 Å². The van der Waals surface area contributed by atoms with Gasteiger partial charge in [-0.15, -0.1) is 0 Å². The number of H-pyrrole nitrogens is 1. The lowest BCUT2D eigenvalue weighted by Gasteiger charge is -2.34. The van der Waals surface area contributed by atoms with Crippen molar-refractivity contribution in [1.29, 1.82) is 5.41 Å². The van der Waals surface area contributed by atoms with Gasteiger partial charge in [0.05, 0.1) is 18.7 Å². The van der Waals surface area contributed by atoms with Crippen LogP contribution in [0.25, 0.3) is 10.9 Å². The summed E-state index contributed by atoms with van der Waals surface area (Å²) in [6.07, 6.45) is 2.85. The summed E-state index contributed by atoms with van der Waals surface area (Å²) in [6, 6.07) is 14.2. The summed E-state index contributed by atoms with van der Waals surface area (Å²) in [4.78, 5) is 20.3. The number of likely N-dealkylation sites (N-methyl/N-ethyl adjacent to an activating group) is 1. The number of aromatic amines is 1. The minimum atomic E-state index is -0.789. The summed E-state index contributed by atoms with van der Waals surface area (Å²) in [7, 11) is 1.70. The van der Waals surface area contributed by atoms with E-state index in [9.17, 15) is 14.3 Å². The fraction of sp³-hybridized carbons (Fsp3) is 0.429. The molecule has 2 fully saturated rings. The van der Waals surface area contributed by atoms with Crippen LogP contribution in [0.4, 0.5) is 4.39 Å². The van der Waals surface area contributed by atoms with Crippen molar-refractivity contribution in [3.8, 4) is 0 Å². The number of carbonyl (C=O) groups is 1. The third-order valence-corrected chi connectivity index (χ3v) is 8.00. The largest absolute Gasteiger partial charge is 0.394 e. The molecule has 196 valence electrons. The number of fused-ring (bicyclic) bond motifs is 2. The van der Waals surface area contributed by atoms with Gasteiger partial charge >= 0.3 is 0 Å². The summed E-state index contributed by atoms with van der Waals surface area (Å²) >= 11 is 0. The van der Waals surface area contributed by atoms with E-state index in [1.54, 1.807) is 14.0 Å². The third kappa shape index (κ3) is 4.86. The van der Waals surface area contributed by atoms with Gasteiger partial charge in [-0.25, -0.2) is 4.39 Å². The van der Waals surface area contributed by atoms with Crippen molar-refractivity contribution in [3.63, 3.8) is 0 Å². The monoisotopic (exact) mass is 506 g/mol. The summed E-state index contributed by atoms with van der Waals surface area (Å²) in [5.41, 5.74) is 3.10. The van der Waals surface area contributed by atoms with Crippen molar-refractivity contribution >= 4 is 22.6 Å². The Morgan fingerprint density at radius 2 is 2.05 bits per heavy atom. The molecular formula is C28H35FN6O2. The zero-order chi connectivity index (χ0) is 26.1. The Morgan fingerprint density at radius 3 is 2.78 bits per heavy atom. The Bertz CT molecular complexity index is 1260. The predicted molar refractivity (Wildman–Crippen MR) is 142 cm³/mol. The summed E-state index contributed by atoms with van der Waals surface area (Å²) in [5, 5.41) is 25.9. The summed E-state index contributed by atoms with van der Waals surface area (Å²) < 4.78 is 13.9. The fourth-order valence-corrected chi connectivity index (χ4v) is 6.00. The van der Waals surface area contributed by atoms with Crippen molar-refractivity contribution in [2.45, 2.75) is 50.0 Å². The second-order valence-corrected chi connectivity index (χ2v) is 10.1. The van der Waals surface area contributed by atoms with E-state index in [1.165, 1.54) is 17.7 Å². The number of nitrogens with zero attached hydrogens (tertiary/aromatic N) is 2. The van der Waals surface area contributed by atoms with Gasteiger partial charge < -0.3 is 25.6 Å². The van der Waals surface area contributed by atoms with E-state index in [4.69, 9.17) is 5.41 Å². The molecule has 0 spiro atoms. The molecule has 2 aromatic carbocycles. The number of benzene rings is 2. The van der Waals surface area contributed by atoms with Gasteiger partial charge in [-0.2, -0.15) is 0 Å². The molecule has 2 saturated heterocycles. The highest BCUT2D eigenvalue weighted by Crippen LogP contribution is 2.43. The van der Waals surface area contributed by atoms with E-state index >= 15 is 0 Å². The normalized spacial score (nSPS) is 23.2. The standard InChI is InChI=1S/C28H35FN6O2/c1-17(31-2)28(37)33-24(16-36)27(30)35-11-10-25-26(35)22(15-34(25)14-18-6-4-3-5-7-18)21-13-32-23-12-19(29)8-9-20(21)23/h3-9,12-13,17,22,24-26,30-32,36H,10-11,14-16H2,1-2H3,(H,33,37)/t17-,22+,24?,25+,26+/m0/s1. The molecule has 5 atom stereocenters. The highest BCUT2D eigenvalue weighted by molar-refractivity contribution is 5.92. The maximum Gasteiger partial charge on any atom is 0.237 e. The summed E-state index contributed by atoms with van der Waals surface area (Å²) in [6.45, 7) is 3.66. The van der Waals surface area contributed by atoms with Gasteiger partial charge in [0.2, 0.25) is 5.91 Å². The van der Waals surface area contributed by atoms with Crippen molar-refractivity contribution in [2.75, 3.05) is 26.7 Å². The number of likely N-dealkylation sites (tertiary alicyclic amines) is 2. The summed E-state index contributed by atoms with van der Waals surface area (Å²) in [5.74, 6) is -0.238. The number of amidine groups is 1. The van der Waals surface area contributed by atoms with Gasteiger partial charge in [0, 0.05) is 48.7 Å². The lowest BCUT2D eigenvalue weighted by molar-refractivity contribution is -0.123. The van der Waals surface area contributed by atoms with Crippen molar-refractivity contribution in [3.05, 3.63) is 71.7 Å². The molecule has 8 nitrogen and oxygen atoms in total. The van der Waals surface area contributed by atoms with E-state index < -0.39 is 12.1 Å². The van der Waals surface area contributed by atoms with Crippen LogP contribution in [0.3, 0.4) is 0 Å². The molecule has 3 aromatic rings. The molecule has 1 aromatic heterocycles. The molecule has 0 aliphatic carbocycles. The third-order valence-electron chi connectivity index (χ3n) is 8.00.